The van der Waals surface area contributed by atoms with Gasteiger partial charge in [0.1, 0.15) is 32.4 Å². The van der Waals surface area contributed by atoms with Crippen molar-refractivity contribution in [1.29, 1.82) is 0 Å². The van der Waals surface area contributed by atoms with Gasteiger partial charge in [-0.25, -0.2) is 0 Å². The van der Waals surface area contributed by atoms with Crippen LogP contribution in [-0.2, 0) is 36.8 Å². The van der Waals surface area contributed by atoms with Crippen molar-refractivity contribution in [2.75, 3.05) is 81.8 Å². The Bertz CT molecular complexity index is 1860. The van der Waals surface area contributed by atoms with E-state index in [9.17, 15) is 43.8 Å². The molecule has 580 valence electrons. The third-order valence-electron chi connectivity index (χ3n) is 18.4. The number of carbonyl (C=O) groups is 2. The number of phosphoric ester groups is 2. The van der Waals surface area contributed by atoms with Crippen molar-refractivity contribution in [2.45, 2.75) is 398 Å². The molecule has 0 saturated heterocycles. The van der Waals surface area contributed by atoms with Crippen molar-refractivity contribution in [3.8, 4) is 0 Å². The van der Waals surface area contributed by atoms with Crippen LogP contribution < -0.4 is 20.4 Å². The van der Waals surface area contributed by atoms with Crippen LogP contribution in [0.2, 0.25) is 0 Å². The molecular weight excluding hydrogens is 1260 g/mol. The standard InChI is InChI=1S/C39H81N2O7P.C39H79N2O6P/c1-6-8-10-12-14-16-18-20-22-24-26-28-30-32-38(43)40-36(35-48-49(45,46)47-34-33-41(3,4)5)39(44)37(42)31-29-27-25-23-21-19-17-15-13-11-9-7-2;1-6-8-10-12-14-16-18-20-22-24-26-28-30-32-38(42)37(36-47-48(44,45)46-35-34-41(3,4)5)40-39(43)33-31-29-27-25-23-21-19-17-15-13-11-9-7-2/h36-37,39,42,44H,6-35H2,1-5H3,(H-,40,43,45,46);30,32,37-38,42H,6-29,31,33-36H2,1-5H3,(H-,40,43,44,45)/b;32-30+/t36-,37+,39-;37-,38+/m00/s1. The van der Waals surface area contributed by atoms with Gasteiger partial charge in [-0.05, 0) is 32.1 Å². The zero-order valence-corrected chi connectivity index (χ0v) is 66.8. The van der Waals surface area contributed by atoms with Gasteiger partial charge < -0.3 is 62.8 Å². The van der Waals surface area contributed by atoms with Crippen molar-refractivity contribution in [2.24, 2.45) is 0 Å². The summed E-state index contributed by atoms with van der Waals surface area (Å²) in [6.07, 6.45) is 62.3. The number of likely N-dealkylation sites (N-methyl/N-ethyl adjacent to an activating group) is 2. The summed E-state index contributed by atoms with van der Waals surface area (Å²) in [6, 6.07) is -1.94. The number of aliphatic hydroxyl groups is 3. The molecule has 0 fully saturated rings. The number of quaternary nitrogens is 2. The first-order valence-corrected chi connectivity index (χ1v) is 43.4. The van der Waals surface area contributed by atoms with Crippen LogP contribution in [0, 0.1) is 0 Å². The van der Waals surface area contributed by atoms with Crippen LogP contribution in [0.4, 0.5) is 0 Å². The topological polar surface area (TPSA) is 236 Å². The largest absolute Gasteiger partial charge is 0.756 e. The number of unbranched alkanes of at least 4 members (excludes halogenated alkanes) is 46. The van der Waals surface area contributed by atoms with E-state index in [0.29, 0.717) is 34.9 Å². The molecule has 7 atom stereocenters. The fourth-order valence-corrected chi connectivity index (χ4v) is 13.3. The molecule has 2 unspecified atom stereocenters. The Labute approximate surface area is 598 Å². The molecule has 0 aliphatic rings. The average molecular weight is 1420 g/mol. The zero-order chi connectivity index (χ0) is 72.4. The van der Waals surface area contributed by atoms with E-state index < -0.39 is 52.6 Å². The maximum absolute atomic E-state index is 12.8. The predicted octanol–water partition coefficient (Wildman–Crippen LogP) is 18.8. The number of nitrogens with zero attached hydrogens (tertiary/aromatic N) is 2. The lowest BCUT2D eigenvalue weighted by atomic mass is 9.99. The van der Waals surface area contributed by atoms with E-state index in [1.165, 1.54) is 244 Å². The summed E-state index contributed by atoms with van der Waals surface area (Å²) in [6.45, 7) is 9.06. The minimum Gasteiger partial charge on any atom is -0.756 e. The van der Waals surface area contributed by atoms with Crippen LogP contribution in [0.15, 0.2) is 12.2 Å². The van der Waals surface area contributed by atoms with Gasteiger partial charge in [0.05, 0.1) is 79.8 Å². The summed E-state index contributed by atoms with van der Waals surface area (Å²) < 4.78 is 46.2. The van der Waals surface area contributed by atoms with Crippen molar-refractivity contribution >= 4 is 27.5 Å². The molecular formula is C78H160N4O13P2. The summed E-state index contributed by atoms with van der Waals surface area (Å²) in [7, 11) is 2.40. The molecule has 17 nitrogen and oxygen atoms in total. The molecule has 0 rings (SSSR count). The van der Waals surface area contributed by atoms with Crippen LogP contribution in [0.3, 0.4) is 0 Å². The van der Waals surface area contributed by atoms with E-state index in [1.54, 1.807) is 6.08 Å². The van der Waals surface area contributed by atoms with Gasteiger partial charge in [0.25, 0.3) is 15.6 Å². The predicted molar refractivity (Wildman–Crippen MR) is 403 cm³/mol. The van der Waals surface area contributed by atoms with Gasteiger partial charge >= 0.3 is 0 Å². The Morgan fingerprint density at radius 1 is 0.381 bits per heavy atom. The van der Waals surface area contributed by atoms with Gasteiger partial charge in [0.15, 0.2) is 0 Å². The van der Waals surface area contributed by atoms with Crippen LogP contribution >= 0.6 is 15.6 Å². The average Bonchev–Trinajstić information content (AvgIpc) is 0.916. The Morgan fingerprint density at radius 3 is 0.938 bits per heavy atom. The Kier molecular flexibility index (Phi) is 68.4. The number of carbonyl (C=O) groups excluding carboxylic acids is 2. The van der Waals surface area contributed by atoms with Crippen LogP contribution in [0.5, 0.6) is 0 Å². The minimum atomic E-state index is -4.65. The molecule has 97 heavy (non-hydrogen) atoms. The first-order valence-electron chi connectivity index (χ1n) is 40.5. The number of rotatable bonds is 73. The van der Waals surface area contributed by atoms with Gasteiger partial charge in [-0.15, -0.1) is 0 Å². The second-order valence-corrected chi connectivity index (χ2v) is 33.3. The number of allylic oxidation sites excluding steroid dienone is 1. The van der Waals surface area contributed by atoms with Gasteiger partial charge in [-0.3, -0.25) is 18.7 Å². The normalized spacial score (nSPS) is 15.0. The Hall–Kier alpha value is -1.30. The van der Waals surface area contributed by atoms with Crippen LogP contribution in [-0.4, -0.2) is 148 Å². The highest BCUT2D eigenvalue weighted by molar-refractivity contribution is 7.46. The van der Waals surface area contributed by atoms with Gasteiger partial charge in [-0.1, -0.05) is 335 Å². The highest BCUT2D eigenvalue weighted by atomic mass is 31.2. The highest BCUT2D eigenvalue weighted by Crippen LogP contribution is 2.39. The summed E-state index contributed by atoms with van der Waals surface area (Å²) in [5.74, 6) is -0.476. The number of aliphatic hydroxyl groups excluding tert-OH is 3. The molecule has 0 bridgehead atoms. The number of hydrogen-bond acceptors (Lipinski definition) is 13. The highest BCUT2D eigenvalue weighted by Gasteiger charge is 2.30. The smallest absolute Gasteiger partial charge is 0.268 e. The molecule has 0 aromatic rings. The zero-order valence-electron chi connectivity index (χ0n) is 65.0. The molecule has 0 aromatic heterocycles. The number of hydrogen-bond donors (Lipinski definition) is 5. The van der Waals surface area contributed by atoms with Crippen LogP contribution in [0.25, 0.3) is 0 Å². The lowest BCUT2D eigenvalue weighted by molar-refractivity contribution is -0.870. The van der Waals surface area contributed by atoms with E-state index in [-0.39, 0.29) is 38.1 Å². The van der Waals surface area contributed by atoms with Gasteiger partial charge in [-0.2, -0.15) is 0 Å². The van der Waals surface area contributed by atoms with Crippen molar-refractivity contribution in [3.05, 3.63) is 12.2 Å². The van der Waals surface area contributed by atoms with Crippen molar-refractivity contribution in [1.82, 2.24) is 10.6 Å². The molecule has 2 amide bonds. The number of nitrogens with one attached hydrogen (secondary N) is 2. The van der Waals surface area contributed by atoms with E-state index in [4.69, 9.17) is 18.1 Å². The maximum atomic E-state index is 12.8. The number of phosphoric acid groups is 2. The molecule has 5 N–H and O–H groups in total. The first-order chi connectivity index (χ1) is 46.4. The summed E-state index contributed by atoms with van der Waals surface area (Å²) >= 11 is 0. The van der Waals surface area contributed by atoms with Gasteiger partial charge in [0, 0.05) is 12.8 Å². The Balaban J connectivity index is 0. The SMILES string of the molecule is CCCCCCCCCCCCC/C=C/[C@@H](O)[C@H](COP(=O)([O-])OCC[N+](C)(C)C)NC(=O)CCCCCCCCCCCCCCC.CCCCCCCCCCCCCCCC(=O)N[C@@H](COP(=O)([O-])OCC[N+](C)(C)C)[C@H](O)[C@H](O)CCCCCCCCCCCCCC. The molecule has 0 aromatic carbocycles. The molecule has 0 radical (unpaired) electrons. The molecule has 0 aliphatic carbocycles. The molecule has 0 saturated carbocycles. The molecule has 0 heterocycles. The first kappa shape index (κ1) is 97.8. The lowest BCUT2D eigenvalue weighted by Crippen LogP contribution is -2.51. The molecule has 0 spiro atoms. The van der Waals surface area contributed by atoms with Gasteiger partial charge in [0.2, 0.25) is 11.8 Å². The molecule has 0 aliphatic heterocycles. The minimum absolute atomic E-state index is 0.00175. The fraction of sp³-hybridized carbons (Fsp3) is 0.949. The quantitative estimate of drug-likeness (QED) is 0.0165. The van der Waals surface area contributed by atoms with E-state index >= 15 is 0 Å². The summed E-state index contributed by atoms with van der Waals surface area (Å²) in [5, 5.41) is 38.2. The lowest BCUT2D eigenvalue weighted by Gasteiger charge is -2.31. The van der Waals surface area contributed by atoms with Crippen LogP contribution in [0.1, 0.15) is 368 Å². The third kappa shape index (κ3) is 72.8. The third-order valence-corrected chi connectivity index (χ3v) is 20.4. The monoisotopic (exact) mass is 1420 g/mol. The van der Waals surface area contributed by atoms with Crippen molar-refractivity contribution < 1.29 is 70.9 Å². The van der Waals surface area contributed by atoms with E-state index in [2.05, 4.69) is 38.3 Å². The van der Waals surface area contributed by atoms with Crippen molar-refractivity contribution in [3.63, 3.8) is 0 Å². The summed E-state index contributed by atoms with van der Waals surface area (Å²) in [4.78, 5) is 50.4. The number of amides is 2. The van der Waals surface area contributed by atoms with E-state index in [0.717, 1.165) is 77.0 Å². The Morgan fingerprint density at radius 2 is 0.639 bits per heavy atom. The van der Waals surface area contributed by atoms with E-state index in [1.807, 2.05) is 48.4 Å². The fourth-order valence-electron chi connectivity index (χ4n) is 11.8. The maximum Gasteiger partial charge on any atom is 0.268 e. The molecule has 19 heteroatoms. The second-order valence-electron chi connectivity index (χ2n) is 30.5. The second kappa shape index (κ2) is 67.8. The summed E-state index contributed by atoms with van der Waals surface area (Å²) in [5.41, 5.74) is 0.